The van der Waals surface area contributed by atoms with Gasteiger partial charge in [-0.3, -0.25) is 4.79 Å². The van der Waals surface area contributed by atoms with Crippen LogP contribution in [0, 0.1) is 6.92 Å². The van der Waals surface area contributed by atoms with E-state index in [2.05, 4.69) is 0 Å². The highest BCUT2D eigenvalue weighted by molar-refractivity contribution is 7.89. The van der Waals surface area contributed by atoms with Crippen LogP contribution in [0.4, 0.5) is 0 Å². The Balaban J connectivity index is 2.22. The van der Waals surface area contributed by atoms with E-state index in [1.165, 1.54) is 11.4 Å². The lowest BCUT2D eigenvalue weighted by Gasteiger charge is -2.23. The lowest BCUT2D eigenvalue weighted by molar-refractivity contribution is 0.0917. The number of Topliss-reactive ketones (excluding diaryl/α,β-unsaturated/α-hetero) is 1. The maximum atomic E-state index is 12.8. The molecule has 1 fully saturated rings. The first kappa shape index (κ1) is 17.9. The summed E-state index contributed by atoms with van der Waals surface area (Å²) in [4.78, 5) is 12.8. The van der Waals surface area contributed by atoms with Crippen LogP contribution in [0.1, 0.15) is 28.8 Å². The molecule has 1 saturated heterocycles. The molecule has 6 nitrogen and oxygen atoms in total. The van der Waals surface area contributed by atoms with E-state index in [1.807, 2.05) is 6.92 Å². The maximum absolute atomic E-state index is 12.8. The molecule has 0 radical (unpaired) electrons. The highest BCUT2D eigenvalue weighted by Gasteiger charge is 2.38. The molecule has 0 amide bonds. The van der Waals surface area contributed by atoms with E-state index in [9.17, 15) is 13.2 Å². The third-order valence-corrected chi connectivity index (χ3v) is 5.92. The third-order valence-electron chi connectivity index (χ3n) is 4.09. The van der Waals surface area contributed by atoms with Crippen molar-refractivity contribution < 1.29 is 22.7 Å². The van der Waals surface area contributed by atoms with Gasteiger partial charge in [0.05, 0.1) is 25.5 Å². The fourth-order valence-electron chi connectivity index (χ4n) is 2.87. The van der Waals surface area contributed by atoms with Gasteiger partial charge in [-0.25, -0.2) is 8.42 Å². The second-order valence-corrected chi connectivity index (χ2v) is 7.67. The van der Waals surface area contributed by atoms with Gasteiger partial charge in [0.15, 0.2) is 5.78 Å². The number of carbonyl (C=O) groups is 1. The number of hydrogen-bond acceptors (Lipinski definition) is 5. The van der Waals surface area contributed by atoms with Crippen molar-refractivity contribution in [1.82, 2.24) is 4.31 Å². The van der Waals surface area contributed by atoms with Crippen molar-refractivity contribution in [3.05, 3.63) is 29.3 Å². The summed E-state index contributed by atoms with van der Waals surface area (Å²) in [7, 11) is -0.450. The summed E-state index contributed by atoms with van der Waals surface area (Å²) in [6.07, 6.45) is 1.24. The van der Waals surface area contributed by atoms with Crippen molar-refractivity contribution in [2.24, 2.45) is 0 Å². The third kappa shape index (κ3) is 3.91. The van der Waals surface area contributed by atoms with Gasteiger partial charge in [0.2, 0.25) is 10.0 Å². The highest BCUT2D eigenvalue weighted by atomic mass is 32.2. The number of nitrogens with zero attached hydrogens (tertiary/aromatic N) is 1. The van der Waals surface area contributed by atoms with E-state index >= 15 is 0 Å². The van der Waals surface area contributed by atoms with E-state index in [-0.39, 0.29) is 18.1 Å². The molecule has 1 unspecified atom stereocenters. The van der Waals surface area contributed by atoms with Crippen LogP contribution in [0.15, 0.2) is 18.2 Å². The van der Waals surface area contributed by atoms with Gasteiger partial charge in [-0.2, -0.15) is 4.31 Å². The number of ether oxygens (including phenoxy) is 2. The van der Waals surface area contributed by atoms with Gasteiger partial charge in [0.25, 0.3) is 0 Å². The van der Waals surface area contributed by atoms with Crippen molar-refractivity contribution in [3.8, 4) is 5.75 Å². The topological polar surface area (TPSA) is 72.9 Å². The fraction of sp³-hybridized carbons (Fsp3) is 0.562. The van der Waals surface area contributed by atoms with Crippen LogP contribution in [-0.4, -0.2) is 57.7 Å². The summed E-state index contributed by atoms with van der Waals surface area (Å²) in [5, 5.41) is 0. The van der Waals surface area contributed by atoms with Gasteiger partial charge >= 0.3 is 0 Å². The average molecular weight is 341 g/mol. The SMILES string of the molecule is COCCS(=O)(=O)N1CCCC1C(=O)c1ccc(OC)c(C)c1. The Labute approximate surface area is 137 Å². The molecule has 1 heterocycles. The minimum Gasteiger partial charge on any atom is -0.496 e. The second-order valence-electron chi connectivity index (χ2n) is 5.63. The zero-order chi connectivity index (χ0) is 17.0. The minimum absolute atomic E-state index is 0.102. The van der Waals surface area contributed by atoms with Crippen LogP contribution in [0.3, 0.4) is 0 Å². The second kappa shape index (κ2) is 7.42. The molecule has 1 aromatic rings. The van der Waals surface area contributed by atoms with Crippen LogP contribution in [0.25, 0.3) is 0 Å². The smallest absolute Gasteiger partial charge is 0.217 e. The van der Waals surface area contributed by atoms with Crippen LogP contribution in [0.2, 0.25) is 0 Å². The molecular weight excluding hydrogens is 318 g/mol. The minimum atomic E-state index is -3.48. The zero-order valence-electron chi connectivity index (χ0n) is 13.7. The normalized spacial score (nSPS) is 19.0. The Kier molecular flexibility index (Phi) is 5.78. The lowest BCUT2D eigenvalue weighted by Crippen LogP contribution is -2.42. The first-order valence-electron chi connectivity index (χ1n) is 7.58. The Morgan fingerprint density at radius 1 is 1.35 bits per heavy atom. The molecule has 0 saturated carbocycles. The number of carbonyl (C=O) groups excluding carboxylic acids is 1. The molecule has 1 aliphatic heterocycles. The lowest BCUT2D eigenvalue weighted by atomic mass is 10.0. The number of ketones is 1. The standard InChI is InChI=1S/C16H23NO5S/c1-12-11-13(6-7-15(12)22-3)16(18)14-5-4-8-17(14)23(19,20)10-9-21-2/h6-7,11,14H,4-5,8-10H2,1-3H3. The molecular formula is C16H23NO5S. The number of methoxy groups -OCH3 is 2. The highest BCUT2D eigenvalue weighted by Crippen LogP contribution is 2.26. The predicted molar refractivity (Wildman–Crippen MR) is 87.5 cm³/mol. The summed E-state index contributed by atoms with van der Waals surface area (Å²) >= 11 is 0. The van der Waals surface area contributed by atoms with Gasteiger partial charge < -0.3 is 9.47 Å². The summed E-state index contributed by atoms with van der Waals surface area (Å²) in [5.41, 5.74) is 1.37. The van der Waals surface area contributed by atoms with E-state index in [0.29, 0.717) is 30.7 Å². The molecule has 0 spiro atoms. The summed E-state index contributed by atoms with van der Waals surface area (Å²) < 4.78 is 36.1. The van der Waals surface area contributed by atoms with Gasteiger partial charge in [-0.1, -0.05) is 0 Å². The molecule has 0 bridgehead atoms. The molecule has 7 heteroatoms. The molecule has 1 aromatic carbocycles. The van der Waals surface area contributed by atoms with Crippen molar-refractivity contribution in [2.45, 2.75) is 25.8 Å². The Bertz CT molecular complexity index is 671. The van der Waals surface area contributed by atoms with Gasteiger partial charge in [0.1, 0.15) is 5.75 Å². The Hall–Kier alpha value is -1.44. The monoisotopic (exact) mass is 341 g/mol. The number of hydrogen-bond donors (Lipinski definition) is 0. The predicted octanol–water partition coefficient (Wildman–Crippen LogP) is 1.63. The summed E-state index contributed by atoms with van der Waals surface area (Å²) in [6, 6.07) is 4.55. The number of rotatable bonds is 7. The van der Waals surface area contributed by atoms with Crippen molar-refractivity contribution in [1.29, 1.82) is 0 Å². The first-order valence-corrected chi connectivity index (χ1v) is 9.19. The van der Waals surface area contributed by atoms with Crippen molar-refractivity contribution in [2.75, 3.05) is 33.1 Å². The van der Waals surface area contributed by atoms with Crippen molar-refractivity contribution >= 4 is 15.8 Å². The first-order chi connectivity index (χ1) is 10.9. The van der Waals surface area contributed by atoms with Gasteiger partial charge in [-0.15, -0.1) is 0 Å². The maximum Gasteiger partial charge on any atom is 0.217 e. The van der Waals surface area contributed by atoms with Gasteiger partial charge in [-0.05, 0) is 43.5 Å². The summed E-state index contributed by atoms with van der Waals surface area (Å²) in [5.74, 6) is 0.446. The Morgan fingerprint density at radius 3 is 2.70 bits per heavy atom. The molecule has 0 aromatic heterocycles. The number of sulfonamides is 1. The summed E-state index contributed by atoms with van der Waals surface area (Å²) in [6.45, 7) is 2.37. The molecule has 2 rings (SSSR count). The van der Waals surface area contributed by atoms with Gasteiger partial charge in [0, 0.05) is 19.2 Å². The number of aryl methyl sites for hydroxylation is 1. The molecule has 1 atom stereocenters. The molecule has 23 heavy (non-hydrogen) atoms. The van der Waals surface area contributed by atoms with Crippen LogP contribution >= 0.6 is 0 Å². The van der Waals surface area contributed by atoms with E-state index in [4.69, 9.17) is 9.47 Å². The Morgan fingerprint density at radius 2 is 2.09 bits per heavy atom. The molecule has 0 N–H and O–H groups in total. The molecule has 128 valence electrons. The van der Waals surface area contributed by atoms with Crippen LogP contribution in [-0.2, 0) is 14.8 Å². The quantitative estimate of drug-likeness (QED) is 0.705. The molecule has 1 aliphatic rings. The van der Waals surface area contributed by atoms with Crippen LogP contribution < -0.4 is 4.74 Å². The number of benzene rings is 1. The van der Waals surface area contributed by atoms with E-state index in [0.717, 1.165) is 5.56 Å². The van der Waals surface area contributed by atoms with E-state index < -0.39 is 16.1 Å². The van der Waals surface area contributed by atoms with Crippen molar-refractivity contribution in [3.63, 3.8) is 0 Å². The zero-order valence-corrected chi connectivity index (χ0v) is 14.6. The average Bonchev–Trinajstić information content (AvgIpc) is 3.02. The van der Waals surface area contributed by atoms with Crippen LogP contribution in [0.5, 0.6) is 5.75 Å². The molecule has 0 aliphatic carbocycles. The fourth-order valence-corrected chi connectivity index (χ4v) is 4.47. The van der Waals surface area contributed by atoms with E-state index in [1.54, 1.807) is 25.3 Å². The largest absolute Gasteiger partial charge is 0.496 e.